The minimum Gasteiger partial charge on any atom is -0.451 e. The first-order chi connectivity index (χ1) is 20.1. The number of amides is 1. The molecule has 42 heavy (non-hydrogen) atoms. The number of hydroxylamine groups is 1. The van der Waals surface area contributed by atoms with Crippen molar-refractivity contribution >= 4 is 56.9 Å². The second-order valence-electron chi connectivity index (χ2n) is 9.39. The lowest BCUT2D eigenvalue weighted by atomic mass is 10.1. The fourth-order valence-electron chi connectivity index (χ4n) is 4.12. The summed E-state index contributed by atoms with van der Waals surface area (Å²) in [6.07, 6.45) is 0. The maximum Gasteiger partial charge on any atom is 0.258 e. The number of halogens is 3. The molecule has 0 aliphatic carbocycles. The third-order valence-corrected chi connectivity index (χ3v) is 8.86. The highest BCUT2D eigenvalue weighted by Gasteiger charge is 2.23. The molecule has 4 rings (SSSR count). The Hall–Kier alpha value is -3.26. The largest absolute Gasteiger partial charge is 0.451 e. The van der Waals surface area contributed by atoms with E-state index in [1.807, 2.05) is 60.7 Å². The van der Waals surface area contributed by atoms with Crippen LogP contribution in [-0.2, 0) is 15.8 Å². The van der Waals surface area contributed by atoms with Gasteiger partial charge in [-0.3, -0.25) is 10.0 Å². The second-order valence-corrected chi connectivity index (χ2v) is 12.6. The standard InChI is InChI=1S/C29H29ClF2N4O4S2/c1-34(2)26-8-4-7-23-22(26)6-5-9-27(23)41-35(3)14-15-36(18-28(37)33-38)42(39)21-16-24(31)29(25(32)17-21)40-20-12-10-19(30)11-13-20/h4-13,16-17,38H,14-15,18H2,1-3H3,(H,33,37). The van der Waals surface area contributed by atoms with Crippen molar-refractivity contribution in [3.8, 4) is 11.5 Å². The maximum atomic E-state index is 14.9. The fraction of sp³-hybridized carbons (Fsp3) is 0.207. The Bertz CT molecular complexity index is 1570. The summed E-state index contributed by atoms with van der Waals surface area (Å²) in [6, 6.07) is 19.8. The molecule has 0 aliphatic heterocycles. The first-order valence-corrected chi connectivity index (χ1v) is 14.9. The number of likely N-dealkylation sites (N-methyl/N-ethyl adjacent to an activating group) is 1. The van der Waals surface area contributed by atoms with Crippen molar-refractivity contribution in [1.29, 1.82) is 0 Å². The molecule has 222 valence electrons. The Balaban J connectivity index is 1.50. The number of nitrogens with one attached hydrogen (secondary N) is 1. The van der Waals surface area contributed by atoms with Crippen LogP contribution in [0.1, 0.15) is 0 Å². The zero-order valence-electron chi connectivity index (χ0n) is 23.0. The minimum atomic E-state index is -2.15. The smallest absolute Gasteiger partial charge is 0.258 e. The van der Waals surface area contributed by atoms with Crippen LogP contribution in [-0.4, -0.2) is 64.7 Å². The molecule has 13 heteroatoms. The second kappa shape index (κ2) is 14.3. The molecule has 0 saturated carbocycles. The van der Waals surface area contributed by atoms with Crippen LogP contribution in [0.4, 0.5) is 14.5 Å². The van der Waals surface area contributed by atoms with E-state index in [4.69, 9.17) is 21.5 Å². The summed E-state index contributed by atoms with van der Waals surface area (Å²) in [6.45, 7) is -0.0839. The van der Waals surface area contributed by atoms with E-state index < -0.39 is 40.8 Å². The molecule has 0 aromatic heterocycles. The first kappa shape index (κ1) is 31.7. The van der Waals surface area contributed by atoms with E-state index in [1.54, 1.807) is 0 Å². The molecule has 0 spiro atoms. The molecular formula is C29H29ClF2N4O4S2. The Morgan fingerprint density at radius 1 is 0.976 bits per heavy atom. The van der Waals surface area contributed by atoms with Gasteiger partial charge in [-0.25, -0.2) is 27.1 Å². The van der Waals surface area contributed by atoms with E-state index in [0.717, 1.165) is 33.5 Å². The van der Waals surface area contributed by atoms with E-state index in [2.05, 4.69) is 6.07 Å². The van der Waals surface area contributed by atoms with Crippen molar-refractivity contribution in [2.24, 2.45) is 0 Å². The molecule has 0 fully saturated rings. The average Bonchev–Trinajstić information content (AvgIpc) is 2.97. The van der Waals surface area contributed by atoms with Gasteiger partial charge in [0, 0.05) is 48.2 Å². The van der Waals surface area contributed by atoms with Gasteiger partial charge in [-0.1, -0.05) is 35.9 Å². The molecule has 0 bridgehead atoms. The average molecular weight is 635 g/mol. The first-order valence-electron chi connectivity index (χ1n) is 12.7. The monoisotopic (exact) mass is 634 g/mol. The van der Waals surface area contributed by atoms with Crippen molar-refractivity contribution in [2.45, 2.75) is 9.79 Å². The van der Waals surface area contributed by atoms with Crippen LogP contribution < -0.4 is 15.1 Å². The molecule has 4 aromatic rings. The zero-order chi connectivity index (χ0) is 30.4. The number of hydrogen-bond acceptors (Lipinski definition) is 7. The fourth-order valence-corrected chi connectivity index (χ4v) is 6.36. The number of rotatable bonds is 12. The van der Waals surface area contributed by atoms with Crippen LogP contribution in [0.3, 0.4) is 0 Å². The molecule has 1 amide bonds. The van der Waals surface area contributed by atoms with Gasteiger partial charge in [-0.15, -0.1) is 0 Å². The van der Waals surface area contributed by atoms with Crippen LogP contribution in [0.2, 0.25) is 5.02 Å². The molecule has 1 unspecified atom stereocenters. The van der Waals surface area contributed by atoms with E-state index in [0.29, 0.717) is 11.6 Å². The normalized spacial score (nSPS) is 12.1. The van der Waals surface area contributed by atoms with Crippen molar-refractivity contribution in [3.63, 3.8) is 0 Å². The van der Waals surface area contributed by atoms with Crippen LogP contribution in [0.15, 0.2) is 82.6 Å². The Kier molecular flexibility index (Phi) is 10.8. The number of carbonyl (C=O) groups excluding carboxylic acids is 1. The van der Waals surface area contributed by atoms with Gasteiger partial charge in [-0.2, -0.15) is 0 Å². The molecule has 0 aliphatic rings. The third kappa shape index (κ3) is 7.77. The highest BCUT2D eigenvalue weighted by molar-refractivity contribution is 7.97. The van der Waals surface area contributed by atoms with E-state index in [9.17, 15) is 17.8 Å². The molecule has 2 N–H and O–H groups in total. The zero-order valence-corrected chi connectivity index (χ0v) is 25.4. The minimum absolute atomic E-state index is 0.0729. The van der Waals surface area contributed by atoms with Crippen molar-refractivity contribution in [1.82, 2.24) is 14.1 Å². The van der Waals surface area contributed by atoms with Gasteiger partial charge < -0.3 is 9.64 Å². The summed E-state index contributed by atoms with van der Waals surface area (Å²) in [5.41, 5.74) is 2.59. The number of ether oxygens (including phenoxy) is 1. The van der Waals surface area contributed by atoms with Crippen LogP contribution in [0, 0.1) is 11.6 Å². The number of benzene rings is 4. The lowest BCUT2D eigenvalue weighted by molar-refractivity contribution is -0.129. The summed E-state index contributed by atoms with van der Waals surface area (Å²) in [4.78, 5) is 14.8. The van der Waals surface area contributed by atoms with E-state index in [-0.39, 0.29) is 17.2 Å². The van der Waals surface area contributed by atoms with Gasteiger partial charge in [0.1, 0.15) is 16.7 Å². The number of hydrogen-bond donors (Lipinski definition) is 2. The van der Waals surface area contributed by atoms with Crippen LogP contribution in [0.5, 0.6) is 11.5 Å². The Morgan fingerprint density at radius 3 is 2.26 bits per heavy atom. The van der Waals surface area contributed by atoms with Gasteiger partial charge in [0.05, 0.1) is 11.4 Å². The molecule has 0 heterocycles. The predicted molar refractivity (Wildman–Crippen MR) is 163 cm³/mol. The summed E-state index contributed by atoms with van der Waals surface area (Å²) in [7, 11) is 3.66. The molecular weight excluding hydrogens is 606 g/mol. The summed E-state index contributed by atoms with van der Waals surface area (Å²) >= 11 is 7.31. The summed E-state index contributed by atoms with van der Waals surface area (Å²) < 4.78 is 51.7. The highest BCUT2D eigenvalue weighted by atomic mass is 35.5. The van der Waals surface area contributed by atoms with Gasteiger partial charge in [0.25, 0.3) is 5.91 Å². The molecule has 8 nitrogen and oxygen atoms in total. The Morgan fingerprint density at radius 2 is 1.62 bits per heavy atom. The van der Waals surface area contributed by atoms with Crippen molar-refractivity contribution in [2.75, 3.05) is 45.7 Å². The van der Waals surface area contributed by atoms with Crippen molar-refractivity contribution < 1.29 is 27.7 Å². The molecule has 0 radical (unpaired) electrons. The third-order valence-electron chi connectivity index (χ3n) is 6.15. The number of fused-ring (bicyclic) bond motifs is 1. The number of carbonyl (C=O) groups is 1. The SMILES string of the molecule is CN(CCN(CC(=O)NO)S(=O)c1cc(F)c(Oc2ccc(Cl)cc2)c(F)c1)Sc1cccc2c(N(C)C)cccc12. The van der Waals surface area contributed by atoms with Gasteiger partial charge in [-0.05, 0) is 72.9 Å². The maximum absolute atomic E-state index is 14.9. The number of anilines is 1. The highest BCUT2D eigenvalue weighted by Crippen LogP contribution is 2.34. The van der Waals surface area contributed by atoms with Gasteiger partial charge in [0.2, 0.25) is 0 Å². The topological polar surface area (TPSA) is 85.3 Å². The predicted octanol–water partition coefficient (Wildman–Crippen LogP) is 6.10. The quantitative estimate of drug-likeness (QED) is 0.111. The number of nitrogens with zero attached hydrogens (tertiary/aromatic N) is 3. The van der Waals surface area contributed by atoms with Gasteiger partial charge in [0.15, 0.2) is 17.4 Å². The van der Waals surface area contributed by atoms with Crippen LogP contribution >= 0.6 is 23.5 Å². The van der Waals surface area contributed by atoms with Crippen molar-refractivity contribution in [3.05, 3.63) is 89.5 Å². The van der Waals surface area contributed by atoms with Crippen LogP contribution in [0.25, 0.3) is 10.8 Å². The van der Waals surface area contributed by atoms with E-state index in [1.165, 1.54) is 46.0 Å². The van der Waals surface area contributed by atoms with Gasteiger partial charge >= 0.3 is 0 Å². The molecule has 1 atom stereocenters. The summed E-state index contributed by atoms with van der Waals surface area (Å²) in [5.74, 6) is -3.47. The lowest BCUT2D eigenvalue weighted by Gasteiger charge is -2.24. The van der Waals surface area contributed by atoms with E-state index >= 15 is 0 Å². The Labute approximate surface area is 254 Å². The molecule has 0 saturated heterocycles. The molecule has 4 aromatic carbocycles. The summed E-state index contributed by atoms with van der Waals surface area (Å²) in [5, 5.41) is 11.7. The lowest BCUT2D eigenvalue weighted by Crippen LogP contribution is -2.40.